The number of hydrogen-bond acceptors (Lipinski definition) is 7. The first kappa shape index (κ1) is 13.2. The van der Waals surface area contributed by atoms with Gasteiger partial charge in [0.2, 0.25) is 0 Å². The van der Waals surface area contributed by atoms with Crippen LogP contribution >= 0.6 is 34.7 Å². The van der Waals surface area contributed by atoms with Crippen LogP contribution in [0.4, 0.5) is 10.8 Å². The third-order valence-electron chi connectivity index (χ3n) is 2.61. The molecule has 0 spiro atoms. The van der Waals surface area contributed by atoms with Gasteiger partial charge in [-0.05, 0) is 19.1 Å². The molecule has 0 unspecified atom stereocenters. The van der Waals surface area contributed by atoms with Gasteiger partial charge in [0.15, 0.2) is 10.8 Å². The van der Waals surface area contributed by atoms with Gasteiger partial charge in [0.1, 0.15) is 11.0 Å². The fourth-order valence-electron chi connectivity index (χ4n) is 1.70. The zero-order valence-electron chi connectivity index (χ0n) is 10.0. The number of thiazole rings is 1. The molecular weight excluding hydrogens is 320 g/mol. The van der Waals surface area contributed by atoms with Crippen LogP contribution < -0.4 is 5.32 Å². The predicted molar refractivity (Wildman–Crippen MR) is 79.5 cm³/mol. The van der Waals surface area contributed by atoms with Crippen molar-refractivity contribution in [2.24, 2.45) is 0 Å². The summed E-state index contributed by atoms with van der Waals surface area (Å²) >= 11 is 8.49. The maximum Gasteiger partial charge on any atom is 0.355 e. The number of nitrogens with zero attached hydrogens (tertiary/aromatic N) is 3. The third-order valence-corrected chi connectivity index (χ3v) is 4.35. The number of aromatic nitrogens is 3. The van der Waals surface area contributed by atoms with Crippen molar-refractivity contribution in [1.29, 1.82) is 0 Å². The van der Waals surface area contributed by atoms with Crippen molar-refractivity contribution in [2.45, 2.75) is 6.92 Å². The van der Waals surface area contributed by atoms with E-state index in [2.05, 4.69) is 19.0 Å². The maximum atomic E-state index is 11.0. The summed E-state index contributed by atoms with van der Waals surface area (Å²) < 4.78 is 8.32. The van der Waals surface area contributed by atoms with E-state index in [9.17, 15) is 4.79 Å². The molecular formula is C11H7ClN4O2S2. The van der Waals surface area contributed by atoms with Gasteiger partial charge in [-0.3, -0.25) is 0 Å². The third kappa shape index (κ3) is 2.21. The lowest BCUT2D eigenvalue weighted by atomic mass is 10.2. The van der Waals surface area contributed by atoms with Crippen LogP contribution in [0.25, 0.3) is 11.0 Å². The Hall–Kier alpha value is -1.77. The van der Waals surface area contributed by atoms with Gasteiger partial charge in [0.25, 0.3) is 0 Å². The standard InChI is InChI=1S/C11H7ClN4O2S2/c1-4-7(10(17)18)13-11(19-4)14-8-5(12)2-3-6-9(8)16-20-15-6/h2-3H,1H3,(H,13,14)(H,17,18). The Morgan fingerprint density at radius 2 is 2.20 bits per heavy atom. The summed E-state index contributed by atoms with van der Waals surface area (Å²) in [5, 5.41) is 13.0. The number of nitrogens with one attached hydrogen (secondary N) is 1. The van der Waals surface area contributed by atoms with Gasteiger partial charge in [-0.15, -0.1) is 11.3 Å². The van der Waals surface area contributed by atoms with Crippen molar-refractivity contribution in [3.8, 4) is 0 Å². The molecule has 2 N–H and O–H groups in total. The number of rotatable bonds is 3. The smallest absolute Gasteiger partial charge is 0.355 e. The molecule has 102 valence electrons. The van der Waals surface area contributed by atoms with Gasteiger partial charge in [-0.25, -0.2) is 9.78 Å². The normalized spacial score (nSPS) is 10.9. The largest absolute Gasteiger partial charge is 0.476 e. The number of fused-ring (bicyclic) bond motifs is 1. The van der Waals surface area contributed by atoms with E-state index in [-0.39, 0.29) is 5.69 Å². The zero-order chi connectivity index (χ0) is 14.3. The van der Waals surface area contributed by atoms with Gasteiger partial charge < -0.3 is 10.4 Å². The summed E-state index contributed by atoms with van der Waals surface area (Å²) in [6.07, 6.45) is 0. The number of carboxylic acid groups (broad SMARTS) is 1. The van der Waals surface area contributed by atoms with Crippen molar-refractivity contribution in [2.75, 3.05) is 5.32 Å². The number of carbonyl (C=O) groups is 1. The molecule has 0 saturated carbocycles. The average Bonchev–Trinajstić information content (AvgIpc) is 2.99. The molecule has 0 bridgehead atoms. The molecule has 0 saturated heterocycles. The van der Waals surface area contributed by atoms with Crippen LogP contribution in [-0.4, -0.2) is 24.8 Å². The first-order valence-electron chi connectivity index (χ1n) is 5.45. The van der Waals surface area contributed by atoms with E-state index in [0.717, 1.165) is 17.2 Å². The van der Waals surface area contributed by atoms with E-state index in [4.69, 9.17) is 16.7 Å². The van der Waals surface area contributed by atoms with Gasteiger partial charge in [-0.1, -0.05) is 11.6 Å². The van der Waals surface area contributed by atoms with Gasteiger partial charge in [-0.2, -0.15) is 8.75 Å². The number of hydrogen-bond donors (Lipinski definition) is 2. The monoisotopic (exact) mass is 326 g/mol. The van der Waals surface area contributed by atoms with Crippen LogP contribution in [0.5, 0.6) is 0 Å². The Kier molecular flexibility index (Phi) is 3.28. The molecule has 0 aliphatic rings. The summed E-state index contributed by atoms with van der Waals surface area (Å²) in [5.74, 6) is -1.05. The molecule has 20 heavy (non-hydrogen) atoms. The summed E-state index contributed by atoms with van der Waals surface area (Å²) in [4.78, 5) is 15.7. The van der Waals surface area contributed by atoms with Crippen LogP contribution in [0.1, 0.15) is 15.4 Å². The maximum absolute atomic E-state index is 11.0. The summed E-state index contributed by atoms with van der Waals surface area (Å²) in [6, 6.07) is 3.49. The first-order valence-corrected chi connectivity index (χ1v) is 7.37. The SMILES string of the molecule is Cc1sc(Nc2c(Cl)ccc3nsnc23)nc1C(=O)O. The van der Waals surface area contributed by atoms with E-state index in [1.165, 1.54) is 11.3 Å². The fourth-order valence-corrected chi connectivity index (χ4v) is 3.25. The highest BCUT2D eigenvalue weighted by atomic mass is 35.5. The highest BCUT2D eigenvalue weighted by Gasteiger charge is 2.16. The Bertz CT molecular complexity index is 814. The minimum Gasteiger partial charge on any atom is -0.476 e. The van der Waals surface area contributed by atoms with E-state index < -0.39 is 5.97 Å². The molecule has 2 heterocycles. The van der Waals surface area contributed by atoms with Gasteiger partial charge in [0, 0.05) is 4.88 Å². The van der Waals surface area contributed by atoms with Crippen LogP contribution in [0, 0.1) is 6.92 Å². The number of carboxylic acids is 1. The summed E-state index contributed by atoms with van der Waals surface area (Å²) in [7, 11) is 0. The fraction of sp³-hybridized carbons (Fsp3) is 0.0909. The zero-order valence-corrected chi connectivity index (χ0v) is 12.4. The van der Waals surface area contributed by atoms with Crippen LogP contribution in [0.2, 0.25) is 5.02 Å². The average molecular weight is 327 g/mol. The summed E-state index contributed by atoms with van der Waals surface area (Å²) in [5.41, 5.74) is 2.00. The van der Waals surface area contributed by atoms with Crippen molar-refractivity contribution in [3.63, 3.8) is 0 Å². The number of anilines is 2. The molecule has 0 fully saturated rings. The molecule has 0 aliphatic heterocycles. The Morgan fingerprint density at radius 1 is 1.40 bits per heavy atom. The molecule has 1 aromatic carbocycles. The number of aryl methyl sites for hydroxylation is 1. The minimum atomic E-state index is -1.05. The van der Waals surface area contributed by atoms with Crippen molar-refractivity contribution in [1.82, 2.24) is 13.7 Å². The Labute approximate surface area is 126 Å². The van der Waals surface area contributed by atoms with E-state index in [0.29, 0.717) is 26.2 Å². The summed E-state index contributed by atoms with van der Waals surface area (Å²) in [6.45, 7) is 1.71. The van der Waals surface area contributed by atoms with E-state index >= 15 is 0 Å². The quantitative estimate of drug-likeness (QED) is 0.765. The lowest BCUT2D eigenvalue weighted by Crippen LogP contribution is -1.99. The Morgan fingerprint density at radius 3 is 2.90 bits per heavy atom. The second kappa shape index (κ2) is 4.97. The van der Waals surface area contributed by atoms with Crippen LogP contribution in [-0.2, 0) is 0 Å². The van der Waals surface area contributed by atoms with E-state index in [1.54, 1.807) is 19.1 Å². The van der Waals surface area contributed by atoms with Crippen LogP contribution in [0.15, 0.2) is 12.1 Å². The van der Waals surface area contributed by atoms with Crippen molar-refractivity contribution in [3.05, 3.63) is 27.7 Å². The Balaban J connectivity index is 2.05. The number of benzene rings is 1. The molecule has 0 amide bonds. The molecule has 0 aliphatic carbocycles. The first-order chi connectivity index (χ1) is 9.56. The number of aromatic carboxylic acids is 1. The molecule has 6 nitrogen and oxygen atoms in total. The predicted octanol–water partition coefficient (Wildman–Crippen LogP) is 3.55. The molecule has 2 aromatic heterocycles. The van der Waals surface area contributed by atoms with Crippen molar-refractivity contribution < 1.29 is 9.90 Å². The van der Waals surface area contributed by atoms with Gasteiger partial charge >= 0.3 is 5.97 Å². The lowest BCUT2D eigenvalue weighted by Gasteiger charge is -2.05. The molecule has 3 rings (SSSR count). The number of halogens is 1. The topological polar surface area (TPSA) is 88.0 Å². The second-order valence-corrected chi connectivity index (χ2v) is 6.05. The van der Waals surface area contributed by atoms with E-state index in [1.807, 2.05) is 0 Å². The van der Waals surface area contributed by atoms with Crippen molar-refractivity contribution >= 4 is 62.5 Å². The van der Waals surface area contributed by atoms with Crippen LogP contribution in [0.3, 0.4) is 0 Å². The molecule has 0 radical (unpaired) electrons. The highest BCUT2D eigenvalue weighted by molar-refractivity contribution is 7.15. The molecule has 0 atom stereocenters. The highest BCUT2D eigenvalue weighted by Crippen LogP contribution is 2.34. The molecule has 9 heteroatoms. The molecule has 3 aromatic rings. The lowest BCUT2D eigenvalue weighted by molar-refractivity contribution is 0.0690. The minimum absolute atomic E-state index is 0.0391. The second-order valence-electron chi connectivity index (χ2n) is 3.91. The van der Waals surface area contributed by atoms with Gasteiger partial charge in [0.05, 0.1) is 22.4 Å².